The fourth-order valence-corrected chi connectivity index (χ4v) is 1.02. The Balaban J connectivity index is 2.10. The molecule has 0 bridgehead atoms. The van der Waals surface area contributed by atoms with Gasteiger partial charge in [0, 0.05) is 19.8 Å². The molecule has 1 aromatic heterocycles. The fraction of sp³-hybridized carbons (Fsp3) is 0.500. The Morgan fingerprint density at radius 3 is 3.14 bits per heavy atom. The third-order valence-corrected chi connectivity index (χ3v) is 1.70. The van der Waals surface area contributed by atoms with Crippen LogP contribution in [0.3, 0.4) is 0 Å². The van der Waals surface area contributed by atoms with Crippen molar-refractivity contribution in [1.29, 1.82) is 0 Å². The van der Waals surface area contributed by atoms with E-state index in [0.717, 1.165) is 6.42 Å². The zero-order valence-electron chi connectivity index (χ0n) is 8.29. The van der Waals surface area contributed by atoms with Crippen LogP contribution in [-0.2, 0) is 4.74 Å². The molecular weight excluding hydrogens is 182 g/mol. The molecule has 0 aromatic carbocycles. The van der Waals surface area contributed by atoms with Gasteiger partial charge in [0.25, 0.3) is 5.91 Å². The number of ether oxygens (including phenoxy) is 1. The second-order valence-electron chi connectivity index (χ2n) is 2.78. The summed E-state index contributed by atoms with van der Waals surface area (Å²) in [5.41, 5.74) is 0. The zero-order chi connectivity index (χ0) is 10.2. The summed E-state index contributed by atoms with van der Waals surface area (Å²) in [4.78, 5) is 11.3. The molecule has 78 valence electrons. The highest BCUT2D eigenvalue weighted by atomic mass is 16.5. The molecule has 0 spiro atoms. The average molecular weight is 197 g/mol. The summed E-state index contributed by atoms with van der Waals surface area (Å²) in [5, 5.41) is 2.73. The number of hydrogen-bond acceptors (Lipinski definition) is 3. The van der Waals surface area contributed by atoms with Crippen LogP contribution in [0.5, 0.6) is 0 Å². The molecule has 0 saturated heterocycles. The Labute approximate surface area is 83.2 Å². The number of furan rings is 1. The van der Waals surface area contributed by atoms with Crippen molar-refractivity contribution in [2.24, 2.45) is 0 Å². The number of rotatable bonds is 6. The highest BCUT2D eigenvalue weighted by molar-refractivity contribution is 5.91. The number of hydrogen-bond donors (Lipinski definition) is 1. The van der Waals surface area contributed by atoms with E-state index < -0.39 is 0 Å². The standard InChI is InChI=1S/C10H15NO3/c1-2-13-7-4-6-11-10(12)9-5-3-8-14-9/h3,5,8H,2,4,6-7H2,1H3,(H,11,12). The largest absolute Gasteiger partial charge is 0.459 e. The molecule has 4 nitrogen and oxygen atoms in total. The van der Waals surface area contributed by atoms with Crippen LogP contribution < -0.4 is 5.32 Å². The first-order valence-corrected chi connectivity index (χ1v) is 4.74. The quantitative estimate of drug-likeness (QED) is 0.702. The van der Waals surface area contributed by atoms with Crippen molar-refractivity contribution in [3.63, 3.8) is 0 Å². The van der Waals surface area contributed by atoms with Crippen LogP contribution in [0.4, 0.5) is 0 Å². The maximum absolute atomic E-state index is 11.3. The number of amides is 1. The highest BCUT2D eigenvalue weighted by Crippen LogP contribution is 1.98. The lowest BCUT2D eigenvalue weighted by Gasteiger charge is -2.02. The maximum atomic E-state index is 11.3. The molecule has 4 heteroatoms. The van der Waals surface area contributed by atoms with E-state index in [4.69, 9.17) is 9.15 Å². The topological polar surface area (TPSA) is 51.5 Å². The van der Waals surface area contributed by atoms with Gasteiger partial charge in [-0.15, -0.1) is 0 Å². The summed E-state index contributed by atoms with van der Waals surface area (Å²) < 4.78 is 10.1. The van der Waals surface area contributed by atoms with Crippen molar-refractivity contribution in [3.8, 4) is 0 Å². The zero-order valence-corrected chi connectivity index (χ0v) is 8.29. The first kappa shape index (κ1) is 10.8. The van der Waals surface area contributed by atoms with Crippen LogP contribution in [0.15, 0.2) is 22.8 Å². The van der Waals surface area contributed by atoms with E-state index in [2.05, 4.69) is 5.32 Å². The molecule has 1 aromatic rings. The van der Waals surface area contributed by atoms with Crippen LogP contribution >= 0.6 is 0 Å². The minimum absolute atomic E-state index is 0.175. The van der Waals surface area contributed by atoms with E-state index in [0.29, 0.717) is 25.5 Å². The van der Waals surface area contributed by atoms with Crippen molar-refractivity contribution in [3.05, 3.63) is 24.2 Å². The lowest BCUT2D eigenvalue weighted by atomic mass is 10.4. The summed E-state index contributed by atoms with van der Waals surface area (Å²) in [6.07, 6.45) is 2.30. The van der Waals surface area contributed by atoms with Gasteiger partial charge in [0.15, 0.2) is 5.76 Å². The van der Waals surface area contributed by atoms with Gasteiger partial charge in [-0.2, -0.15) is 0 Å². The first-order chi connectivity index (χ1) is 6.84. The van der Waals surface area contributed by atoms with Crippen LogP contribution in [0, 0.1) is 0 Å². The van der Waals surface area contributed by atoms with E-state index in [1.165, 1.54) is 6.26 Å². The Hall–Kier alpha value is -1.29. The third kappa shape index (κ3) is 3.62. The van der Waals surface area contributed by atoms with E-state index in [1.54, 1.807) is 12.1 Å². The van der Waals surface area contributed by atoms with Crippen LogP contribution in [0.1, 0.15) is 23.9 Å². The van der Waals surface area contributed by atoms with Crippen molar-refractivity contribution in [1.82, 2.24) is 5.32 Å². The molecule has 0 radical (unpaired) electrons. The molecule has 1 heterocycles. The monoisotopic (exact) mass is 197 g/mol. The Bertz CT molecular complexity index is 256. The van der Waals surface area contributed by atoms with Gasteiger partial charge in [-0.05, 0) is 25.5 Å². The second kappa shape index (κ2) is 6.21. The maximum Gasteiger partial charge on any atom is 0.286 e. The minimum Gasteiger partial charge on any atom is -0.459 e. The van der Waals surface area contributed by atoms with Gasteiger partial charge in [-0.25, -0.2) is 0 Å². The molecule has 0 aliphatic carbocycles. The van der Waals surface area contributed by atoms with Crippen molar-refractivity contribution in [2.75, 3.05) is 19.8 Å². The van der Waals surface area contributed by atoms with E-state index in [9.17, 15) is 4.79 Å². The third-order valence-electron chi connectivity index (χ3n) is 1.70. The van der Waals surface area contributed by atoms with Gasteiger partial charge in [0.05, 0.1) is 6.26 Å². The van der Waals surface area contributed by atoms with E-state index in [1.807, 2.05) is 6.92 Å². The molecule has 0 saturated carbocycles. The molecule has 0 aliphatic heterocycles. The van der Waals surface area contributed by atoms with Crippen molar-refractivity contribution < 1.29 is 13.9 Å². The predicted octanol–water partition coefficient (Wildman–Crippen LogP) is 1.44. The normalized spacial score (nSPS) is 10.1. The van der Waals surface area contributed by atoms with Crippen LogP contribution in [0.25, 0.3) is 0 Å². The van der Waals surface area contributed by atoms with Gasteiger partial charge in [0.2, 0.25) is 0 Å². The Morgan fingerprint density at radius 1 is 1.64 bits per heavy atom. The van der Waals surface area contributed by atoms with Crippen molar-refractivity contribution >= 4 is 5.91 Å². The predicted molar refractivity (Wildman–Crippen MR) is 52.2 cm³/mol. The molecule has 1 amide bonds. The second-order valence-corrected chi connectivity index (χ2v) is 2.78. The summed E-state index contributed by atoms with van der Waals surface area (Å²) >= 11 is 0. The SMILES string of the molecule is CCOCCCNC(=O)c1ccco1. The molecule has 1 rings (SSSR count). The van der Waals surface area contributed by atoms with E-state index in [-0.39, 0.29) is 5.91 Å². The summed E-state index contributed by atoms with van der Waals surface area (Å²) in [5.74, 6) is 0.174. The summed E-state index contributed by atoms with van der Waals surface area (Å²) in [6, 6.07) is 3.33. The van der Waals surface area contributed by atoms with Gasteiger partial charge >= 0.3 is 0 Å². The lowest BCUT2D eigenvalue weighted by Crippen LogP contribution is -2.24. The molecule has 14 heavy (non-hydrogen) atoms. The summed E-state index contributed by atoms with van der Waals surface area (Å²) in [6.45, 7) is 3.95. The first-order valence-electron chi connectivity index (χ1n) is 4.74. The Kier molecular flexibility index (Phi) is 4.78. The average Bonchev–Trinajstić information content (AvgIpc) is 2.70. The van der Waals surface area contributed by atoms with Gasteiger partial charge in [0.1, 0.15) is 0 Å². The smallest absolute Gasteiger partial charge is 0.286 e. The molecule has 0 fully saturated rings. The van der Waals surface area contributed by atoms with Gasteiger partial charge in [-0.3, -0.25) is 4.79 Å². The van der Waals surface area contributed by atoms with Crippen LogP contribution in [0.2, 0.25) is 0 Å². The molecule has 0 aliphatic rings. The highest BCUT2D eigenvalue weighted by Gasteiger charge is 2.05. The van der Waals surface area contributed by atoms with Crippen LogP contribution in [-0.4, -0.2) is 25.7 Å². The molecule has 0 atom stereocenters. The van der Waals surface area contributed by atoms with Gasteiger partial charge < -0.3 is 14.5 Å². The molecule has 1 N–H and O–H groups in total. The molecular formula is C10H15NO3. The summed E-state index contributed by atoms with van der Waals surface area (Å²) in [7, 11) is 0. The Morgan fingerprint density at radius 2 is 2.50 bits per heavy atom. The minimum atomic E-state index is -0.175. The lowest BCUT2D eigenvalue weighted by molar-refractivity contribution is 0.0917. The number of nitrogens with one attached hydrogen (secondary N) is 1. The van der Waals surface area contributed by atoms with Crippen molar-refractivity contribution in [2.45, 2.75) is 13.3 Å². The number of carbonyl (C=O) groups is 1. The van der Waals surface area contributed by atoms with E-state index >= 15 is 0 Å². The molecule has 0 unspecified atom stereocenters. The van der Waals surface area contributed by atoms with Gasteiger partial charge in [-0.1, -0.05) is 0 Å². The number of carbonyl (C=O) groups excluding carboxylic acids is 1. The fourth-order valence-electron chi connectivity index (χ4n) is 1.02.